The number of amides is 2. The zero-order chi connectivity index (χ0) is 19.6. The van der Waals surface area contributed by atoms with Gasteiger partial charge in [0.15, 0.2) is 0 Å². The third-order valence-electron chi connectivity index (χ3n) is 3.44. The Hall–Kier alpha value is -2.88. The molecule has 2 aromatic rings. The molecule has 0 bridgehead atoms. The van der Waals surface area contributed by atoms with Gasteiger partial charge in [0.25, 0.3) is 11.8 Å². The van der Waals surface area contributed by atoms with Crippen molar-refractivity contribution in [2.24, 2.45) is 5.73 Å². The average molecular weight is 386 g/mol. The monoisotopic (exact) mass is 386 g/mol. The summed E-state index contributed by atoms with van der Waals surface area (Å²) in [5.41, 5.74) is 4.15. The van der Waals surface area contributed by atoms with E-state index >= 15 is 0 Å². The predicted molar refractivity (Wildman–Crippen MR) is 88.3 cm³/mol. The van der Waals surface area contributed by atoms with E-state index in [2.05, 4.69) is 10.1 Å². The zero-order valence-electron chi connectivity index (χ0n) is 13.6. The van der Waals surface area contributed by atoms with Crippen LogP contribution in [-0.4, -0.2) is 24.9 Å². The quantitative estimate of drug-likeness (QED) is 0.789. The number of ether oxygens (including phenoxy) is 1. The maximum Gasteiger partial charge on any atom is 0.416 e. The summed E-state index contributed by atoms with van der Waals surface area (Å²) in [6.07, 6.45) is -4.60. The second kappa shape index (κ2) is 7.16. The van der Waals surface area contributed by atoms with Crippen LogP contribution in [0.15, 0.2) is 24.3 Å². The van der Waals surface area contributed by atoms with Crippen LogP contribution in [-0.2, 0) is 10.9 Å². The van der Waals surface area contributed by atoms with Gasteiger partial charge in [-0.05, 0) is 30.7 Å². The molecule has 0 aliphatic rings. The van der Waals surface area contributed by atoms with Gasteiger partial charge in [0.1, 0.15) is 9.88 Å². The first-order valence-corrected chi connectivity index (χ1v) is 7.88. The molecule has 0 fully saturated rings. The average Bonchev–Trinajstić information content (AvgIpc) is 2.89. The summed E-state index contributed by atoms with van der Waals surface area (Å²) in [7, 11) is 1.15. The fraction of sp³-hybridized carbons (Fsp3) is 0.188. The summed E-state index contributed by atoms with van der Waals surface area (Å²) in [5, 5.41) is 2.29. The second-order valence-electron chi connectivity index (χ2n) is 5.15. The third-order valence-corrected chi connectivity index (χ3v) is 4.63. The number of thiophene rings is 1. The van der Waals surface area contributed by atoms with Crippen molar-refractivity contribution in [3.8, 4) is 0 Å². The first-order valence-electron chi connectivity index (χ1n) is 7.06. The van der Waals surface area contributed by atoms with Gasteiger partial charge in [-0.15, -0.1) is 11.3 Å². The van der Waals surface area contributed by atoms with E-state index in [-0.39, 0.29) is 26.6 Å². The first kappa shape index (κ1) is 19.4. The SMILES string of the molecule is COC(=O)c1sc(NC(=O)c2cccc(C(F)(F)F)c2)c(C(N)=O)c1C. The number of carbonyl (C=O) groups is 3. The number of benzene rings is 1. The number of hydrogen-bond donors (Lipinski definition) is 2. The lowest BCUT2D eigenvalue weighted by Crippen LogP contribution is -2.18. The number of nitrogens with two attached hydrogens (primary N) is 1. The summed E-state index contributed by atoms with van der Waals surface area (Å²) in [6.45, 7) is 1.45. The van der Waals surface area contributed by atoms with Gasteiger partial charge in [0.05, 0.1) is 18.2 Å². The molecule has 26 heavy (non-hydrogen) atoms. The number of carbonyl (C=O) groups excluding carboxylic acids is 3. The fourth-order valence-electron chi connectivity index (χ4n) is 2.20. The van der Waals surface area contributed by atoms with Gasteiger partial charge in [-0.2, -0.15) is 13.2 Å². The normalized spacial score (nSPS) is 11.1. The van der Waals surface area contributed by atoms with Crippen LogP contribution in [0.25, 0.3) is 0 Å². The summed E-state index contributed by atoms with van der Waals surface area (Å²) < 4.78 is 42.9. The smallest absolute Gasteiger partial charge is 0.416 e. The molecule has 138 valence electrons. The third kappa shape index (κ3) is 3.85. The number of primary amides is 1. The van der Waals surface area contributed by atoms with Crippen molar-refractivity contribution in [1.29, 1.82) is 0 Å². The lowest BCUT2D eigenvalue weighted by molar-refractivity contribution is -0.137. The molecule has 0 saturated heterocycles. The van der Waals surface area contributed by atoms with Crippen LogP contribution in [0, 0.1) is 6.92 Å². The summed E-state index contributed by atoms with van der Waals surface area (Å²) in [6, 6.07) is 3.79. The Morgan fingerprint density at radius 2 is 1.88 bits per heavy atom. The highest BCUT2D eigenvalue weighted by atomic mass is 32.1. The Morgan fingerprint density at radius 1 is 1.23 bits per heavy atom. The number of nitrogens with one attached hydrogen (secondary N) is 1. The molecule has 0 unspecified atom stereocenters. The van der Waals surface area contributed by atoms with Crippen molar-refractivity contribution >= 4 is 34.1 Å². The Bertz CT molecular complexity index is 890. The number of methoxy groups -OCH3 is 1. The van der Waals surface area contributed by atoms with Gasteiger partial charge in [0.2, 0.25) is 0 Å². The molecule has 0 saturated carbocycles. The Kier molecular flexibility index (Phi) is 5.36. The molecule has 2 rings (SSSR count). The molecule has 1 aromatic heterocycles. The maximum atomic E-state index is 12.8. The number of halogens is 3. The van der Waals surface area contributed by atoms with Crippen LogP contribution in [0.3, 0.4) is 0 Å². The number of esters is 1. The minimum absolute atomic E-state index is 0.0437. The molecule has 10 heteroatoms. The van der Waals surface area contributed by atoms with Crippen molar-refractivity contribution in [2.45, 2.75) is 13.1 Å². The molecule has 0 aliphatic heterocycles. The summed E-state index contributed by atoms with van der Waals surface area (Å²) in [5.74, 6) is -2.50. The number of rotatable bonds is 4. The molecule has 0 atom stereocenters. The maximum absolute atomic E-state index is 12.8. The van der Waals surface area contributed by atoms with Crippen molar-refractivity contribution in [3.05, 3.63) is 51.4 Å². The van der Waals surface area contributed by atoms with Gasteiger partial charge in [-0.25, -0.2) is 4.79 Å². The van der Waals surface area contributed by atoms with E-state index in [1.165, 1.54) is 13.0 Å². The van der Waals surface area contributed by atoms with E-state index in [1.54, 1.807) is 0 Å². The number of anilines is 1. The number of hydrogen-bond acceptors (Lipinski definition) is 5. The summed E-state index contributed by atoms with van der Waals surface area (Å²) in [4.78, 5) is 35.7. The minimum Gasteiger partial charge on any atom is -0.465 e. The molecular formula is C16H13F3N2O4S. The van der Waals surface area contributed by atoms with Crippen molar-refractivity contribution in [2.75, 3.05) is 12.4 Å². The highest BCUT2D eigenvalue weighted by molar-refractivity contribution is 7.18. The Labute approximate surface area is 149 Å². The molecular weight excluding hydrogens is 373 g/mol. The van der Waals surface area contributed by atoms with Gasteiger partial charge in [-0.1, -0.05) is 6.07 Å². The van der Waals surface area contributed by atoms with E-state index < -0.39 is 29.5 Å². The van der Waals surface area contributed by atoms with E-state index in [1.807, 2.05) is 0 Å². The molecule has 3 N–H and O–H groups in total. The van der Waals surface area contributed by atoms with Crippen LogP contribution in [0.2, 0.25) is 0 Å². The van der Waals surface area contributed by atoms with Crippen LogP contribution in [0.5, 0.6) is 0 Å². The lowest BCUT2D eigenvalue weighted by atomic mass is 10.1. The molecule has 1 aromatic carbocycles. The van der Waals surface area contributed by atoms with Crippen molar-refractivity contribution < 1.29 is 32.3 Å². The molecule has 0 radical (unpaired) electrons. The highest BCUT2D eigenvalue weighted by Gasteiger charge is 2.31. The Morgan fingerprint density at radius 3 is 2.42 bits per heavy atom. The molecule has 0 spiro atoms. The van der Waals surface area contributed by atoms with Crippen LogP contribution in [0.4, 0.5) is 18.2 Å². The zero-order valence-corrected chi connectivity index (χ0v) is 14.4. The van der Waals surface area contributed by atoms with Crippen LogP contribution in [0.1, 0.15) is 41.5 Å². The van der Waals surface area contributed by atoms with Crippen molar-refractivity contribution in [1.82, 2.24) is 0 Å². The minimum atomic E-state index is -4.60. The largest absolute Gasteiger partial charge is 0.465 e. The van der Waals surface area contributed by atoms with Gasteiger partial charge < -0.3 is 15.8 Å². The lowest BCUT2D eigenvalue weighted by Gasteiger charge is -2.09. The molecule has 6 nitrogen and oxygen atoms in total. The van der Waals surface area contributed by atoms with Crippen molar-refractivity contribution in [3.63, 3.8) is 0 Å². The molecule has 1 heterocycles. The van der Waals surface area contributed by atoms with Crippen LogP contribution < -0.4 is 11.1 Å². The topological polar surface area (TPSA) is 98.5 Å². The van der Waals surface area contributed by atoms with E-state index in [9.17, 15) is 27.6 Å². The van der Waals surface area contributed by atoms with Gasteiger partial charge in [0, 0.05) is 5.56 Å². The van der Waals surface area contributed by atoms with E-state index in [4.69, 9.17) is 5.73 Å². The highest BCUT2D eigenvalue weighted by Crippen LogP contribution is 2.34. The van der Waals surface area contributed by atoms with Crippen LogP contribution >= 0.6 is 11.3 Å². The molecule has 0 aliphatic carbocycles. The predicted octanol–water partition coefficient (Wildman–Crippen LogP) is 3.21. The standard InChI is InChI=1S/C16H13F3N2O4S/c1-7-10(12(20)22)14(26-11(7)15(24)25-2)21-13(23)8-4-3-5-9(6-8)16(17,18)19/h3-6H,1-2H3,(H2,20,22)(H,21,23). The Balaban J connectivity index is 2.41. The number of alkyl halides is 3. The van der Waals surface area contributed by atoms with Gasteiger partial charge in [-0.3, -0.25) is 9.59 Å². The van der Waals surface area contributed by atoms with E-state index in [0.717, 1.165) is 30.6 Å². The van der Waals surface area contributed by atoms with Gasteiger partial charge >= 0.3 is 12.1 Å². The molecule has 2 amide bonds. The van der Waals surface area contributed by atoms with E-state index in [0.29, 0.717) is 6.07 Å². The first-order chi connectivity index (χ1) is 12.1. The summed E-state index contributed by atoms with van der Waals surface area (Å²) >= 11 is 0.750. The second-order valence-corrected chi connectivity index (χ2v) is 6.17. The fourth-order valence-corrected chi connectivity index (χ4v) is 3.32.